The Balaban J connectivity index is 3.00. The Morgan fingerprint density at radius 3 is 2.33 bits per heavy atom. The zero-order valence-corrected chi connectivity index (χ0v) is 9.15. The van der Waals surface area contributed by atoms with Crippen LogP contribution in [0.2, 0.25) is 0 Å². The van der Waals surface area contributed by atoms with Crippen molar-refractivity contribution >= 4 is 23.1 Å². The van der Waals surface area contributed by atoms with E-state index < -0.39 is 13.2 Å². The maximum Gasteiger partial charge on any atom is 0.119 e. The van der Waals surface area contributed by atoms with E-state index >= 15 is 0 Å². The standard InChI is InChI=1S/C8H13O2PS/c1-6(9)7-4-5-8(12-7)11(2,3)10/h4-6,9H,1-3H3. The van der Waals surface area contributed by atoms with Crippen LogP contribution in [-0.4, -0.2) is 18.4 Å². The molecule has 2 nitrogen and oxygen atoms in total. The molecule has 1 atom stereocenters. The van der Waals surface area contributed by atoms with E-state index in [4.69, 9.17) is 0 Å². The summed E-state index contributed by atoms with van der Waals surface area (Å²) in [5.41, 5.74) is 0. The Morgan fingerprint density at radius 2 is 2.08 bits per heavy atom. The molecule has 0 spiro atoms. The number of rotatable bonds is 2. The predicted octanol–water partition coefficient (Wildman–Crippen LogP) is 2.05. The molecule has 1 aromatic heterocycles. The normalized spacial score (nSPS) is 14.7. The van der Waals surface area contributed by atoms with Crippen molar-refractivity contribution < 1.29 is 9.67 Å². The van der Waals surface area contributed by atoms with E-state index in [0.717, 1.165) is 9.50 Å². The Hall–Kier alpha value is -0.110. The van der Waals surface area contributed by atoms with E-state index in [0.29, 0.717) is 0 Å². The minimum absolute atomic E-state index is 0.449. The lowest BCUT2D eigenvalue weighted by atomic mass is 10.3. The molecule has 0 aromatic carbocycles. The molecular formula is C8H13O2PS. The molecule has 1 aromatic rings. The first-order valence-electron chi connectivity index (χ1n) is 3.74. The molecule has 68 valence electrons. The van der Waals surface area contributed by atoms with Crippen LogP contribution in [-0.2, 0) is 4.57 Å². The van der Waals surface area contributed by atoms with Gasteiger partial charge in [-0.15, -0.1) is 11.3 Å². The van der Waals surface area contributed by atoms with Crippen LogP contribution >= 0.6 is 18.5 Å². The molecule has 0 radical (unpaired) electrons. The van der Waals surface area contributed by atoms with Crippen LogP contribution < -0.4 is 4.62 Å². The fourth-order valence-electron chi connectivity index (χ4n) is 0.856. The summed E-state index contributed by atoms with van der Waals surface area (Å²) in [6.07, 6.45) is -0.449. The van der Waals surface area contributed by atoms with Gasteiger partial charge in [-0.2, -0.15) is 0 Å². The third kappa shape index (κ3) is 2.19. The molecule has 0 aliphatic carbocycles. The zero-order valence-electron chi connectivity index (χ0n) is 7.44. The summed E-state index contributed by atoms with van der Waals surface area (Å²) in [5.74, 6) is 0. The molecule has 0 saturated heterocycles. The average molecular weight is 204 g/mol. The lowest BCUT2D eigenvalue weighted by Crippen LogP contribution is -1.94. The van der Waals surface area contributed by atoms with Crippen LogP contribution in [0.15, 0.2) is 12.1 Å². The topological polar surface area (TPSA) is 37.3 Å². The highest BCUT2D eigenvalue weighted by atomic mass is 32.1. The molecule has 1 rings (SSSR count). The van der Waals surface area contributed by atoms with E-state index in [1.165, 1.54) is 11.3 Å². The Bertz CT molecular complexity index is 311. The molecule has 0 aliphatic rings. The molecule has 1 unspecified atom stereocenters. The first-order chi connectivity index (χ1) is 5.41. The second-order valence-electron chi connectivity index (χ2n) is 3.20. The molecular weight excluding hydrogens is 191 g/mol. The highest BCUT2D eigenvalue weighted by Crippen LogP contribution is 2.38. The summed E-state index contributed by atoms with van der Waals surface area (Å²) in [6.45, 7) is 5.20. The van der Waals surface area contributed by atoms with E-state index in [2.05, 4.69) is 0 Å². The third-order valence-electron chi connectivity index (χ3n) is 1.56. The molecule has 1 heterocycles. The van der Waals surface area contributed by atoms with Gasteiger partial charge in [0.05, 0.1) is 10.7 Å². The number of aliphatic hydroxyl groups is 1. The monoisotopic (exact) mass is 204 g/mol. The average Bonchev–Trinajstić information content (AvgIpc) is 2.30. The van der Waals surface area contributed by atoms with Gasteiger partial charge < -0.3 is 9.67 Å². The van der Waals surface area contributed by atoms with Crippen molar-refractivity contribution in [3.8, 4) is 0 Å². The van der Waals surface area contributed by atoms with E-state index in [9.17, 15) is 9.67 Å². The number of aliphatic hydroxyl groups excluding tert-OH is 1. The first-order valence-corrected chi connectivity index (χ1v) is 7.16. The Kier molecular flexibility index (Phi) is 2.77. The number of hydrogen-bond acceptors (Lipinski definition) is 3. The van der Waals surface area contributed by atoms with Gasteiger partial charge in [0, 0.05) is 4.88 Å². The Morgan fingerprint density at radius 1 is 1.50 bits per heavy atom. The number of thiophene rings is 1. The van der Waals surface area contributed by atoms with Crippen LogP contribution in [0.25, 0.3) is 0 Å². The number of hydrogen-bond donors (Lipinski definition) is 1. The minimum atomic E-state index is -2.13. The molecule has 0 bridgehead atoms. The zero-order chi connectivity index (χ0) is 9.35. The predicted molar refractivity (Wildman–Crippen MR) is 54.0 cm³/mol. The molecule has 12 heavy (non-hydrogen) atoms. The van der Waals surface area contributed by atoms with Crippen molar-refractivity contribution in [3.05, 3.63) is 17.0 Å². The molecule has 0 amide bonds. The summed E-state index contributed by atoms with van der Waals surface area (Å²) in [4.78, 5) is 0.883. The highest BCUT2D eigenvalue weighted by Gasteiger charge is 2.14. The maximum absolute atomic E-state index is 11.6. The minimum Gasteiger partial charge on any atom is -0.388 e. The second kappa shape index (κ2) is 3.33. The lowest BCUT2D eigenvalue weighted by molar-refractivity contribution is 0.203. The van der Waals surface area contributed by atoms with Gasteiger partial charge in [0.25, 0.3) is 0 Å². The van der Waals surface area contributed by atoms with Crippen LogP contribution in [0.4, 0.5) is 0 Å². The molecule has 0 saturated carbocycles. The molecule has 4 heteroatoms. The second-order valence-corrected chi connectivity index (χ2v) is 7.80. The fourth-order valence-corrected chi connectivity index (χ4v) is 3.17. The van der Waals surface area contributed by atoms with Gasteiger partial charge in [0.2, 0.25) is 0 Å². The van der Waals surface area contributed by atoms with Crippen LogP contribution in [0.3, 0.4) is 0 Å². The van der Waals surface area contributed by atoms with Crippen LogP contribution in [0, 0.1) is 0 Å². The molecule has 0 fully saturated rings. The summed E-state index contributed by atoms with van der Waals surface area (Å²) in [6, 6.07) is 3.68. The fraction of sp³-hybridized carbons (Fsp3) is 0.500. The van der Waals surface area contributed by atoms with Crippen molar-refractivity contribution in [3.63, 3.8) is 0 Å². The van der Waals surface area contributed by atoms with E-state index in [1.807, 2.05) is 12.1 Å². The van der Waals surface area contributed by atoms with Gasteiger partial charge in [-0.25, -0.2) is 0 Å². The van der Waals surface area contributed by atoms with Crippen LogP contribution in [0.1, 0.15) is 17.9 Å². The van der Waals surface area contributed by atoms with Gasteiger partial charge in [0.1, 0.15) is 7.14 Å². The van der Waals surface area contributed by atoms with E-state index in [-0.39, 0.29) is 0 Å². The van der Waals surface area contributed by atoms with Crippen molar-refractivity contribution in [1.82, 2.24) is 0 Å². The maximum atomic E-state index is 11.6. The van der Waals surface area contributed by atoms with Gasteiger partial charge in [-0.05, 0) is 32.4 Å². The smallest absolute Gasteiger partial charge is 0.119 e. The molecule has 1 N–H and O–H groups in total. The SMILES string of the molecule is CC(O)c1ccc(P(C)(C)=O)s1. The van der Waals surface area contributed by atoms with E-state index in [1.54, 1.807) is 20.3 Å². The summed E-state index contributed by atoms with van der Waals surface area (Å²) < 4.78 is 12.5. The van der Waals surface area contributed by atoms with Gasteiger partial charge in [0.15, 0.2) is 0 Å². The largest absolute Gasteiger partial charge is 0.388 e. The summed E-state index contributed by atoms with van der Waals surface area (Å²) in [7, 11) is -2.13. The van der Waals surface area contributed by atoms with Gasteiger partial charge >= 0.3 is 0 Å². The van der Waals surface area contributed by atoms with Crippen molar-refractivity contribution in [1.29, 1.82) is 0 Å². The van der Waals surface area contributed by atoms with Crippen LogP contribution in [0.5, 0.6) is 0 Å². The highest BCUT2D eigenvalue weighted by molar-refractivity contribution is 7.75. The van der Waals surface area contributed by atoms with Crippen molar-refractivity contribution in [2.24, 2.45) is 0 Å². The summed E-state index contributed by atoms with van der Waals surface area (Å²) in [5, 5.41) is 9.22. The third-order valence-corrected chi connectivity index (χ3v) is 5.42. The first kappa shape index (κ1) is 9.97. The summed E-state index contributed by atoms with van der Waals surface area (Å²) >= 11 is 1.43. The van der Waals surface area contributed by atoms with Gasteiger partial charge in [-0.1, -0.05) is 0 Å². The quantitative estimate of drug-likeness (QED) is 0.748. The van der Waals surface area contributed by atoms with Crippen molar-refractivity contribution in [2.75, 3.05) is 13.3 Å². The molecule has 0 aliphatic heterocycles. The van der Waals surface area contributed by atoms with Gasteiger partial charge in [-0.3, -0.25) is 0 Å². The lowest BCUT2D eigenvalue weighted by Gasteiger charge is -2.01. The Labute approximate surface area is 76.6 Å². The van der Waals surface area contributed by atoms with Crippen molar-refractivity contribution in [2.45, 2.75) is 13.0 Å².